The van der Waals surface area contributed by atoms with Crippen molar-refractivity contribution in [1.82, 2.24) is 10.2 Å². The summed E-state index contributed by atoms with van der Waals surface area (Å²) in [7, 11) is -0.659. The van der Waals surface area contributed by atoms with Gasteiger partial charge < -0.3 is 19.7 Å². The number of rotatable bonds is 5. The molecule has 2 fully saturated rings. The van der Waals surface area contributed by atoms with E-state index in [4.69, 9.17) is 9.47 Å². The van der Waals surface area contributed by atoms with Gasteiger partial charge in [-0.1, -0.05) is 0 Å². The number of hydrogen-bond donors (Lipinski definition) is 2. The molecular formula is C17H25N3O5S. The number of ether oxygens (including phenoxy) is 2. The largest absolute Gasteiger partial charge is 0.493 e. The van der Waals surface area contributed by atoms with Gasteiger partial charge >= 0.3 is 0 Å². The number of anilines is 1. The second-order valence-corrected chi connectivity index (χ2v) is 8.47. The van der Waals surface area contributed by atoms with E-state index < -0.39 is 10.0 Å². The predicted molar refractivity (Wildman–Crippen MR) is 98.5 cm³/mol. The predicted octanol–water partition coefficient (Wildman–Crippen LogP) is 1.04. The highest BCUT2D eigenvalue weighted by Gasteiger charge is 2.38. The Hall–Kier alpha value is -2.00. The van der Waals surface area contributed by atoms with Crippen LogP contribution in [0.25, 0.3) is 0 Å². The minimum Gasteiger partial charge on any atom is -0.493 e. The van der Waals surface area contributed by atoms with Crippen molar-refractivity contribution in [2.75, 3.05) is 38.3 Å². The smallest absolute Gasteiger partial charge is 0.254 e. The Morgan fingerprint density at radius 3 is 2.58 bits per heavy atom. The molecule has 0 aromatic heterocycles. The molecule has 0 radical (unpaired) electrons. The minimum atomic E-state index is -3.54. The molecule has 26 heavy (non-hydrogen) atoms. The third kappa shape index (κ3) is 3.73. The molecule has 0 aliphatic carbocycles. The van der Waals surface area contributed by atoms with Crippen molar-refractivity contribution in [1.29, 1.82) is 0 Å². The lowest BCUT2D eigenvalue weighted by atomic mass is 10.1. The van der Waals surface area contributed by atoms with Gasteiger partial charge in [0, 0.05) is 24.2 Å². The van der Waals surface area contributed by atoms with E-state index in [0.29, 0.717) is 11.3 Å². The normalized spacial score (nSPS) is 22.7. The van der Waals surface area contributed by atoms with Crippen molar-refractivity contribution >= 4 is 21.6 Å². The van der Waals surface area contributed by atoms with Gasteiger partial charge in [-0.15, -0.1) is 0 Å². The summed E-state index contributed by atoms with van der Waals surface area (Å²) in [5.41, 5.74) is 0.575. The number of carbonyl (C=O) groups excluding carboxylic acids is 1. The summed E-state index contributed by atoms with van der Waals surface area (Å²) >= 11 is 0. The Bertz CT molecular complexity index is 782. The van der Waals surface area contributed by atoms with Crippen LogP contribution in [0.15, 0.2) is 12.1 Å². The molecule has 8 nitrogen and oxygen atoms in total. The first-order valence-corrected chi connectivity index (χ1v) is 10.5. The summed E-state index contributed by atoms with van der Waals surface area (Å²) in [6, 6.07) is 3.49. The number of benzene rings is 1. The molecule has 9 heteroatoms. The van der Waals surface area contributed by atoms with Crippen molar-refractivity contribution in [2.45, 2.75) is 31.3 Å². The highest BCUT2D eigenvalue weighted by Crippen LogP contribution is 2.38. The van der Waals surface area contributed by atoms with Crippen molar-refractivity contribution in [3.8, 4) is 11.5 Å². The van der Waals surface area contributed by atoms with Crippen LogP contribution in [0.4, 0.5) is 5.69 Å². The maximum Gasteiger partial charge on any atom is 0.254 e. The monoisotopic (exact) mass is 383 g/mol. The number of nitrogens with zero attached hydrogens (tertiary/aromatic N) is 1. The number of amides is 1. The van der Waals surface area contributed by atoms with Gasteiger partial charge in [0.05, 0.1) is 26.2 Å². The summed E-state index contributed by atoms with van der Waals surface area (Å²) in [4.78, 5) is 15.2. The fourth-order valence-electron chi connectivity index (χ4n) is 3.83. The molecule has 2 unspecified atom stereocenters. The van der Waals surface area contributed by atoms with Crippen molar-refractivity contribution < 1.29 is 22.7 Å². The van der Waals surface area contributed by atoms with E-state index in [1.807, 2.05) is 4.90 Å². The zero-order chi connectivity index (χ0) is 18.9. The molecule has 1 aromatic carbocycles. The Labute approximate surface area is 153 Å². The first-order chi connectivity index (χ1) is 12.3. The maximum atomic E-state index is 13.2. The lowest BCUT2D eigenvalue weighted by molar-refractivity contribution is 0.0680. The van der Waals surface area contributed by atoms with Crippen molar-refractivity contribution in [3.05, 3.63) is 17.7 Å². The second-order valence-electron chi connectivity index (χ2n) is 6.72. The molecule has 0 saturated carbocycles. The summed E-state index contributed by atoms with van der Waals surface area (Å²) in [6.07, 6.45) is 3.95. The Morgan fingerprint density at radius 1 is 1.19 bits per heavy atom. The Balaban J connectivity index is 2.01. The first-order valence-electron chi connectivity index (χ1n) is 8.61. The summed E-state index contributed by atoms with van der Waals surface area (Å²) in [5, 5.41) is 3.37. The molecule has 2 heterocycles. The highest BCUT2D eigenvalue weighted by molar-refractivity contribution is 7.92. The highest BCUT2D eigenvalue weighted by atomic mass is 32.2. The van der Waals surface area contributed by atoms with E-state index in [2.05, 4.69) is 10.0 Å². The van der Waals surface area contributed by atoms with Gasteiger partial charge in [0.25, 0.3) is 5.91 Å². The maximum absolute atomic E-state index is 13.2. The van der Waals surface area contributed by atoms with Crippen LogP contribution in [0.3, 0.4) is 0 Å². The van der Waals surface area contributed by atoms with E-state index in [1.54, 1.807) is 6.07 Å². The van der Waals surface area contributed by atoms with E-state index in [-0.39, 0.29) is 29.4 Å². The molecule has 1 amide bonds. The van der Waals surface area contributed by atoms with Gasteiger partial charge in [-0.3, -0.25) is 9.52 Å². The van der Waals surface area contributed by atoms with Crippen molar-refractivity contribution in [3.63, 3.8) is 0 Å². The molecule has 3 rings (SSSR count). The molecule has 2 aliphatic heterocycles. The molecule has 0 spiro atoms. The molecular weight excluding hydrogens is 358 g/mol. The van der Waals surface area contributed by atoms with Crippen LogP contribution in [-0.2, 0) is 10.0 Å². The summed E-state index contributed by atoms with van der Waals surface area (Å²) in [5.74, 6) is 0.443. The molecule has 2 aliphatic rings. The van der Waals surface area contributed by atoms with Crippen LogP contribution >= 0.6 is 0 Å². The second kappa shape index (κ2) is 7.32. The zero-order valence-corrected chi connectivity index (χ0v) is 16.1. The molecule has 2 bridgehead atoms. The van der Waals surface area contributed by atoms with E-state index >= 15 is 0 Å². The van der Waals surface area contributed by atoms with Gasteiger partial charge in [0.2, 0.25) is 10.0 Å². The van der Waals surface area contributed by atoms with Gasteiger partial charge in [-0.2, -0.15) is 0 Å². The van der Waals surface area contributed by atoms with Crippen LogP contribution in [0.1, 0.15) is 29.6 Å². The van der Waals surface area contributed by atoms with Crippen LogP contribution in [-0.4, -0.2) is 64.9 Å². The molecule has 2 saturated heterocycles. The Morgan fingerprint density at radius 2 is 1.92 bits per heavy atom. The third-order valence-electron chi connectivity index (χ3n) is 4.91. The van der Waals surface area contributed by atoms with Crippen LogP contribution < -0.4 is 19.5 Å². The van der Waals surface area contributed by atoms with Gasteiger partial charge in [-0.05, 0) is 37.9 Å². The lowest BCUT2D eigenvalue weighted by Gasteiger charge is -2.28. The Kier molecular flexibility index (Phi) is 5.29. The number of carbonyl (C=O) groups is 1. The average Bonchev–Trinajstić information content (AvgIpc) is 2.84. The van der Waals surface area contributed by atoms with Gasteiger partial charge in [0.1, 0.15) is 0 Å². The molecule has 144 valence electrons. The number of nitrogens with one attached hydrogen (secondary N) is 2. The topological polar surface area (TPSA) is 97.0 Å². The zero-order valence-electron chi connectivity index (χ0n) is 15.2. The minimum absolute atomic E-state index is 0.112. The SMILES string of the molecule is COc1cc(C(=O)N2C3CCNCC2CC3)cc(NS(C)(=O)=O)c1OC. The third-order valence-corrected chi connectivity index (χ3v) is 5.50. The summed E-state index contributed by atoms with van der Waals surface area (Å²) < 4.78 is 36.4. The number of sulfonamides is 1. The van der Waals surface area contributed by atoms with Crippen LogP contribution in [0.2, 0.25) is 0 Å². The average molecular weight is 383 g/mol. The summed E-state index contributed by atoms with van der Waals surface area (Å²) in [6.45, 7) is 1.68. The molecule has 1 aromatic rings. The number of hydrogen-bond acceptors (Lipinski definition) is 6. The number of methoxy groups -OCH3 is 2. The standard InChI is InChI=1S/C17H25N3O5S/c1-24-15-9-11(8-14(16(15)25-2)19-26(3,22)23)17(21)20-12-4-5-13(20)10-18-7-6-12/h8-9,12-13,18-19H,4-7,10H2,1-3H3. The van der Waals surface area contributed by atoms with Crippen molar-refractivity contribution in [2.24, 2.45) is 0 Å². The lowest BCUT2D eigenvalue weighted by Crippen LogP contribution is -2.42. The fourth-order valence-corrected chi connectivity index (χ4v) is 4.38. The van der Waals surface area contributed by atoms with E-state index in [0.717, 1.165) is 38.6 Å². The fraction of sp³-hybridized carbons (Fsp3) is 0.588. The van der Waals surface area contributed by atoms with E-state index in [9.17, 15) is 13.2 Å². The molecule has 2 N–H and O–H groups in total. The first kappa shape index (κ1) is 18.8. The van der Waals surface area contributed by atoms with Crippen LogP contribution in [0, 0.1) is 0 Å². The number of fused-ring (bicyclic) bond motifs is 2. The van der Waals surface area contributed by atoms with Crippen LogP contribution in [0.5, 0.6) is 11.5 Å². The quantitative estimate of drug-likeness (QED) is 0.789. The van der Waals surface area contributed by atoms with Gasteiger partial charge in [0.15, 0.2) is 11.5 Å². The van der Waals surface area contributed by atoms with Gasteiger partial charge in [-0.25, -0.2) is 8.42 Å². The van der Waals surface area contributed by atoms with E-state index in [1.165, 1.54) is 20.3 Å². The molecule has 2 atom stereocenters.